The van der Waals surface area contributed by atoms with E-state index in [1.165, 1.54) is 47.0 Å². The number of fused-ring (bicyclic) bond motifs is 2. The average molecular weight is 554 g/mol. The predicted molar refractivity (Wildman–Crippen MR) is 141 cm³/mol. The number of aromatic nitrogens is 1. The molecule has 0 radical (unpaired) electrons. The van der Waals surface area contributed by atoms with E-state index in [4.69, 9.17) is 14.2 Å². The lowest BCUT2D eigenvalue weighted by Crippen LogP contribution is -2.30. The van der Waals surface area contributed by atoms with Crippen molar-refractivity contribution in [2.75, 3.05) is 24.8 Å². The summed E-state index contributed by atoms with van der Waals surface area (Å²) < 4.78 is 45.8. The zero-order valence-electron chi connectivity index (χ0n) is 20.5. The minimum Gasteiger partial charge on any atom is -0.468 e. The third kappa shape index (κ3) is 4.75. The summed E-state index contributed by atoms with van der Waals surface area (Å²) in [4.78, 5) is 29.7. The van der Waals surface area contributed by atoms with Gasteiger partial charge in [0.1, 0.15) is 6.54 Å². The second-order valence-corrected chi connectivity index (χ2v) is 11.0. The lowest BCUT2D eigenvalue weighted by Gasteiger charge is -2.22. The average Bonchev–Trinajstić information content (AvgIpc) is 3.51. The first-order valence-corrected chi connectivity index (χ1v) is 13.8. The van der Waals surface area contributed by atoms with Crippen LogP contribution in [0.25, 0.3) is 10.2 Å². The fourth-order valence-electron chi connectivity index (χ4n) is 4.03. The Labute approximate surface area is 222 Å². The molecule has 3 aromatic carbocycles. The molecule has 0 fully saturated rings. The van der Waals surface area contributed by atoms with Gasteiger partial charge in [0.2, 0.25) is 6.79 Å². The second kappa shape index (κ2) is 10.3. The van der Waals surface area contributed by atoms with Crippen molar-refractivity contribution in [3.8, 4) is 11.5 Å². The zero-order valence-corrected chi connectivity index (χ0v) is 22.1. The summed E-state index contributed by atoms with van der Waals surface area (Å²) in [6, 6.07) is 17.9. The molecule has 0 aliphatic carbocycles. The van der Waals surface area contributed by atoms with Gasteiger partial charge in [0, 0.05) is 24.2 Å². The van der Waals surface area contributed by atoms with E-state index in [1.807, 2.05) is 6.07 Å². The number of anilines is 1. The molecule has 2 heterocycles. The van der Waals surface area contributed by atoms with E-state index in [9.17, 15) is 18.0 Å². The summed E-state index contributed by atoms with van der Waals surface area (Å²) >= 11 is 1.21. The zero-order chi connectivity index (χ0) is 26.9. The maximum Gasteiger partial charge on any atom is 0.325 e. The molecule has 1 amide bonds. The predicted octanol–water partition coefficient (Wildman–Crippen LogP) is 3.56. The first kappa shape index (κ1) is 25.5. The van der Waals surface area contributed by atoms with Crippen LogP contribution < -0.4 is 18.6 Å². The number of amides is 1. The molecule has 1 aliphatic rings. The number of rotatable bonds is 7. The van der Waals surface area contributed by atoms with E-state index in [2.05, 4.69) is 4.99 Å². The Morgan fingerprint density at radius 1 is 1.05 bits per heavy atom. The van der Waals surface area contributed by atoms with Crippen molar-refractivity contribution >= 4 is 49.1 Å². The number of carbonyl (C=O) groups excluding carboxylic acids is 2. The minimum atomic E-state index is -3.84. The van der Waals surface area contributed by atoms with Gasteiger partial charge in [-0.25, -0.2) is 8.42 Å². The number of nitrogens with zero attached hydrogens (tertiary/aromatic N) is 3. The van der Waals surface area contributed by atoms with Crippen LogP contribution in [0.2, 0.25) is 0 Å². The smallest absolute Gasteiger partial charge is 0.325 e. The Kier molecular flexibility index (Phi) is 6.91. The fourth-order valence-corrected chi connectivity index (χ4v) is 6.54. The number of benzene rings is 3. The maximum atomic E-state index is 13.2. The lowest BCUT2D eigenvalue weighted by molar-refractivity contribution is -0.141. The number of carbonyl (C=O) groups is 2. The number of sulfonamides is 1. The standard InChI is InChI=1S/C26H23N3O7S2/c1-3-29(18-7-5-4-6-8-18)38(32,33)19-11-9-17(10-12-19)25(31)27-26-28(15-24(30)34-2)20-13-21-22(36-16-35-21)14-23(20)37-26/h4-14H,3,15-16H2,1-2H3. The summed E-state index contributed by atoms with van der Waals surface area (Å²) in [5.74, 6) is -0.00484. The van der Waals surface area contributed by atoms with Crippen molar-refractivity contribution in [2.24, 2.45) is 4.99 Å². The van der Waals surface area contributed by atoms with Crippen molar-refractivity contribution in [1.29, 1.82) is 0 Å². The van der Waals surface area contributed by atoms with Crippen LogP contribution in [0.4, 0.5) is 5.69 Å². The Bertz CT molecular complexity index is 1690. The third-order valence-electron chi connectivity index (χ3n) is 5.91. The van der Waals surface area contributed by atoms with Crippen LogP contribution in [0.5, 0.6) is 11.5 Å². The number of esters is 1. The van der Waals surface area contributed by atoms with Crippen molar-refractivity contribution in [3.05, 3.63) is 77.1 Å². The number of para-hydroxylation sites is 1. The second-order valence-electron chi connectivity index (χ2n) is 8.17. The van der Waals surface area contributed by atoms with Gasteiger partial charge in [-0.05, 0) is 43.3 Å². The first-order valence-electron chi connectivity index (χ1n) is 11.6. The van der Waals surface area contributed by atoms with E-state index in [0.717, 1.165) is 4.70 Å². The molecule has 196 valence electrons. The van der Waals surface area contributed by atoms with E-state index in [1.54, 1.807) is 47.9 Å². The quantitative estimate of drug-likeness (QED) is 0.321. The highest BCUT2D eigenvalue weighted by Gasteiger charge is 2.24. The molecule has 10 nitrogen and oxygen atoms in total. The monoisotopic (exact) mass is 553 g/mol. The molecule has 12 heteroatoms. The summed E-state index contributed by atoms with van der Waals surface area (Å²) in [7, 11) is -2.56. The molecule has 0 unspecified atom stereocenters. The largest absolute Gasteiger partial charge is 0.468 e. The third-order valence-corrected chi connectivity index (χ3v) is 8.87. The molecular formula is C26H23N3O7S2. The van der Waals surface area contributed by atoms with Gasteiger partial charge in [-0.1, -0.05) is 29.5 Å². The van der Waals surface area contributed by atoms with Gasteiger partial charge in [-0.2, -0.15) is 4.99 Å². The molecule has 0 atom stereocenters. The van der Waals surface area contributed by atoms with Crippen LogP contribution >= 0.6 is 11.3 Å². The Morgan fingerprint density at radius 2 is 1.74 bits per heavy atom. The molecule has 0 saturated heterocycles. The van der Waals surface area contributed by atoms with E-state index < -0.39 is 21.9 Å². The highest BCUT2D eigenvalue weighted by molar-refractivity contribution is 7.92. The molecule has 0 N–H and O–H groups in total. The summed E-state index contributed by atoms with van der Waals surface area (Å²) in [5.41, 5.74) is 1.38. The van der Waals surface area contributed by atoms with Gasteiger partial charge in [-0.3, -0.25) is 13.9 Å². The van der Waals surface area contributed by atoms with Gasteiger partial charge in [0.15, 0.2) is 16.3 Å². The SMILES string of the molecule is CCN(c1ccccc1)S(=O)(=O)c1ccc(C(=O)N=c2sc3cc4c(cc3n2CC(=O)OC)OCO4)cc1. The summed E-state index contributed by atoms with van der Waals surface area (Å²) in [6.07, 6.45) is 0. The van der Waals surface area contributed by atoms with Crippen LogP contribution in [0.15, 0.2) is 76.6 Å². The number of ether oxygens (including phenoxy) is 3. The molecule has 4 aromatic rings. The molecule has 0 saturated carbocycles. The van der Waals surface area contributed by atoms with Crippen LogP contribution in [0.1, 0.15) is 17.3 Å². The number of hydrogen-bond donors (Lipinski definition) is 0. The topological polar surface area (TPSA) is 117 Å². The van der Waals surface area contributed by atoms with E-state index in [0.29, 0.717) is 22.7 Å². The Hall–Kier alpha value is -4.16. The van der Waals surface area contributed by atoms with E-state index >= 15 is 0 Å². The Balaban J connectivity index is 1.49. The highest BCUT2D eigenvalue weighted by atomic mass is 32.2. The molecule has 38 heavy (non-hydrogen) atoms. The molecule has 1 aliphatic heterocycles. The summed E-state index contributed by atoms with van der Waals surface area (Å²) in [6.45, 7) is 1.94. The van der Waals surface area contributed by atoms with Crippen molar-refractivity contribution in [2.45, 2.75) is 18.4 Å². The van der Waals surface area contributed by atoms with Crippen molar-refractivity contribution in [3.63, 3.8) is 0 Å². The van der Waals surface area contributed by atoms with Gasteiger partial charge in [0.05, 0.1) is 27.9 Å². The molecule has 5 rings (SSSR count). The highest BCUT2D eigenvalue weighted by Crippen LogP contribution is 2.37. The first-order chi connectivity index (χ1) is 18.3. The molecular weight excluding hydrogens is 530 g/mol. The van der Waals surface area contributed by atoms with Gasteiger partial charge in [0.25, 0.3) is 15.9 Å². The van der Waals surface area contributed by atoms with Gasteiger partial charge >= 0.3 is 5.97 Å². The van der Waals surface area contributed by atoms with Crippen LogP contribution in [-0.4, -0.2) is 45.3 Å². The van der Waals surface area contributed by atoms with E-state index in [-0.39, 0.29) is 35.1 Å². The Morgan fingerprint density at radius 3 is 2.39 bits per heavy atom. The van der Waals surface area contributed by atoms with Crippen LogP contribution in [0, 0.1) is 0 Å². The summed E-state index contributed by atoms with van der Waals surface area (Å²) in [5, 5.41) is 0. The molecule has 0 spiro atoms. The maximum absolute atomic E-state index is 13.2. The number of thiazole rings is 1. The van der Waals surface area contributed by atoms with Gasteiger partial charge < -0.3 is 18.8 Å². The molecule has 1 aromatic heterocycles. The normalized spacial score (nSPS) is 13.1. The number of methoxy groups -OCH3 is 1. The number of hydrogen-bond acceptors (Lipinski definition) is 8. The van der Waals surface area contributed by atoms with Crippen LogP contribution in [0.3, 0.4) is 0 Å². The lowest BCUT2D eigenvalue weighted by atomic mass is 10.2. The minimum absolute atomic E-state index is 0.0527. The molecule has 0 bridgehead atoms. The van der Waals surface area contributed by atoms with Crippen molar-refractivity contribution in [1.82, 2.24) is 4.57 Å². The van der Waals surface area contributed by atoms with Gasteiger partial charge in [-0.15, -0.1) is 0 Å². The van der Waals surface area contributed by atoms with Crippen molar-refractivity contribution < 1.29 is 32.2 Å². The fraction of sp³-hybridized carbons (Fsp3) is 0.192. The van der Waals surface area contributed by atoms with Crippen LogP contribution in [-0.2, 0) is 26.1 Å².